The zero-order valence-corrected chi connectivity index (χ0v) is 16.9. The number of halogens is 1. The van der Waals surface area contributed by atoms with Gasteiger partial charge in [-0.25, -0.2) is 4.98 Å². The number of nitrogens with zero attached hydrogens (tertiary/aromatic N) is 3. The van der Waals surface area contributed by atoms with E-state index in [-0.39, 0.29) is 23.4 Å². The summed E-state index contributed by atoms with van der Waals surface area (Å²) in [6.45, 7) is 7.30. The lowest BCUT2D eigenvalue weighted by atomic mass is 10.2. The quantitative estimate of drug-likeness (QED) is 0.507. The standard InChI is InChI=1S/C18H19ClN4O3S/c1-9(2)23-17(25)13-6-5-12(19)8-14(13)20-18(23)27-11(4)16(24)21-15-7-10(3)22-26-15/h5-9,11H,1-4H3,(H,21,24)/t11-/m1/s1. The third kappa shape index (κ3) is 4.17. The van der Waals surface area contributed by atoms with Crippen LogP contribution in [0.1, 0.15) is 32.5 Å². The molecule has 0 unspecified atom stereocenters. The summed E-state index contributed by atoms with van der Waals surface area (Å²) in [7, 11) is 0. The minimum Gasteiger partial charge on any atom is -0.338 e. The Kier molecular flexibility index (Phi) is 5.57. The zero-order valence-electron chi connectivity index (χ0n) is 15.3. The molecule has 9 heteroatoms. The van der Waals surface area contributed by atoms with Crippen LogP contribution in [0.5, 0.6) is 0 Å². The number of fused-ring (bicyclic) bond motifs is 1. The van der Waals surface area contributed by atoms with Crippen molar-refractivity contribution in [2.75, 3.05) is 5.32 Å². The summed E-state index contributed by atoms with van der Waals surface area (Å²) in [5.74, 6) is 0.0105. The van der Waals surface area contributed by atoms with Crippen LogP contribution in [0.15, 0.2) is 38.7 Å². The molecule has 1 atom stereocenters. The van der Waals surface area contributed by atoms with Crippen LogP contribution in [0.25, 0.3) is 10.9 Å². The lowest BCUT2D eigenvalue weighted by Crippen LogP contribution is -2.28. The predicted octanol–water partition coefficient (Wildman–Crippen LogP) is 4.05. The van der Waals surface area contributed by atoms with Gasteiger partial charge in [-0.15, -0.1) is 0 Å². The molecule has 3 aromatic rings. The van der Waals surface area contributed by atoms with Gasteiger partial charge in [-0.1, -0.05) is 28.5 Å². The summed E-state index contributed by atoms with van der Waals surface area (Å²) in [6, 6.07) is 6.51. The van der Waals surface area contributed by atoms with Crippen molar-refractivity contribution in [3.05, 3.63) is 45.3 Å². The average Bonchev–Trinajstić information content (AvgIpc) is 2.99. The average molecular weight is 407 g/mol. The summed E-state index contributed by atoms with van der Waals surface area (Å²) >= 11 is 7.24. The molecule has 0 aliphatic rings. The van der Waals surface area contributed by atoms with E-state index < -0.39 is 5.25 Å². The summed E-state index contributed by atoms with van der Waals surface area (Å²) in [5.41, 5.74) is 1.02. The first-order chi connectivity index (χ1) is 12.8. The van der Waals surface area contributed by atoms with E-state index in [0.29, 0.717) is 26.8 Å². The number of benzene rings is 1. The van der Waals surface area contributed by atoms with Gasteiger partial charge in [-0.3, -0.25) is 19.5 Å². The van der Waals surface area contributed by atoms with Gasteiger partial charge < -0.3 is 4.52 Å². The molecule has 0 saturated heterocycles. The van der Waals surface area contributed by atoms with Gasteiger partial charge >= 0.3 is 0 Å². The molecule has 2 aromatic heterocycles. The highest BCUT2D eigenvalue weighted by molar-refractivity contribution is 8.00. The van der Waals surface area contributed by atoms with Crippen LogP contribution in [0.3, 0.4) is 0 Å². The van der Waals surface area contributed by atoms with Crippen LogP contribution in [0, 0.1) is 6.92 Å². The van der Waals surface area contributed by atoms with Crippen LogP contribution < -0.4 is 10.9 Å². The number of nitrogens with one attached hydrogen (secondary N) is 1. The molecule has 2 heterocycles. The van der Waals surface area contributed by atoms with Gasteiger partial charge in [0.05, 0.1) is 21.8 Å². The number of carbonyl (C=O) groups is 1. The number of rotatable bonds is 5. The smallest absolute Gasteiger partial charge is 0.262 e. The van der Waals surface area contributed by atoms with Crippen molar-refractivity contribution in [1.29, 1.82) is 0 Å². The number of carbonyl (C=O) groups excluding carboxylic acids is 1. The number of aromatic nitrogens is 3. The number of hydrogen-bond donors (Lipinski definition) is 1. The van der Waals surface area contributed by atoms with E-state index in [1.54, 1.807) is 42.7 Å². The van der Waals surface area contributed by atoms with E-state index in [2.05, 4.69) is 15.5 Å². The van der Waals surface area contributed by atoms with Gasteiger partial charge in [0.2, 0.25) is 11.8 Å². The Balaban J connectivity index is 1.93. The third-order valence-corrected chi connectivity index (χ3v) is 5.17. The second kappa shape index (κ2) is 7.74. The highest BCUT2D eigenvalue weighted by Gasteiger charge is 2.21. The van der Waals surface area contributed by atoms with Crippen LogP contribution >= 0.6 is 23.4 Å². The number of hydrogen-bond acceptors (Lipinski definition) is 6. The Labute approximate surface area is 165 Å². The van der Waals surface area contributed by atoms with E-state index in [4.69, 9.17) is 16.1 Å². The Morgan fingerprint density at radius 3 is 2.67 bits per heavy atom. The van der Waals surface area contributed by atoms with E-state index in [9.17, 15) is 9.59 Å². The first kappa shape index (κ1) is 19.4. The molecule has 7 nitrogen and oxygen atoms in total. The van der Waals surface area contributed by atoms with Gasteiger partial charge in [0.1, 0.15) is 0 Å². The van der Waals surface area contributed by atoms with Crippen molar-refractivity contribution in [3.63, 3.8) is 0 Å². The normalized spacial score (nSPS) is 12.5. The number of amides is 1. The summed E-state index contributed by atoms with van der Waals surface area (Å²) in [6.07, 6.45) is 0. The monoisotopic (exact) mass is 406 g/mol. The van der Waals surface area contributed by atoms with Gasteiger partial charge in [-0.05, 0) is 45.9 Å². The molecule has 0 aliphatic carbocycles. The minimum atomic E-state index is -0.510. The van der Waals surface area contributed by atoms with E-state index >= 15 is 0 Å². The maximum atomic E-state index is 12.9. The molecule has 0 saturated carbocycles. The Morgan fingerprint density at radius 1 is 1.30 bits per heavy atom. The van der Waals surface area contributed by atoms with Gasteiger partial charge in [0.25, 0.3) is 5.56 Å². The van der Waals surface area contributed by atoms with E-state index in [1.165, 1.54) is 11.8 Å². The zero-order chi connectivity index (χ0) is 19.7. The molecule has 27 heavy (non-hydrogen) atoms. The molecule has 0 spiro atoms. The lowest BCUT2D eigenvalue weighted by molar-refractivity contribution is -0.115. The number of thioether (sulfide) groups is 1. The van der Waals surface area contributed by atoms with Crippen LogP contribution in [-0.4, -0.2) is 25.9 Å². The molecule has 3 rings (SSSR count). The van der Waals surface area contributed by atoms with Crippen molar-refractivity contribution in [2.24, 2.45) is 0 Å². The molecule has 0 aliphatic heterocycles. The molecular weight excluding hydrogens is 388 g/mol. The SMILES string of the molecule is Cc1cc(NC(=O)[C@@H](C)Sc2nc3cc(Cl)ccc3c(=O)n2C(C)C)on1. The van der Waals surface area contributed by atoms with Gasteiger partial charge in [0, 0.05) is 17.1 Å². The highest BCUT2D eigenvalue weighted by atomic mass is 35.5. The molecule has 0 radical (unpaired) electrons. The molecule has 0 fully saturated rings. The van der Waals surface area contributed by atoms with Crippen molar-refractivity contribution >= 4 is 46.1 Å². The lowest BCUT2D eigenvalue weighted by Gasteiger charge is -2.18. The Hall–Kier alpha value is -2.32. The van der Waals surface area contributed by atoms with E-state index in [1.807, 2.05) is 13.8 Å². The highest BCUT2D eigenvalue weighted by Crippen LogP contribution is 2.26. The van der Waals surface area contributed by atoms with Gasteiger partial charge in [-0.2, -0.15) is 0 Å². The van der Waals surface area contributed by atoms with Crippen LogP contribution in [0.2, 0.25) is 5.02 Å². The fourth-order valence-corrected chi connectivity index (χ4v) is 3.75. The fourth-order valence-electron chi connectivity index (χ4n) is 2.55. The van der Waals surface area contributed by atoms with Crippen LogP contribution in [0.4, 0.5) is 5.88 Å². The maximum absolute atomic E-state index is 12.9. The third-order valence-electron chi connectivity index (χ3n) is 3.87. The van der Waals surface area contributed by atoms with Crippen molar-refractivity contribution in [1.82, 2.24) is 14.7 Å². The summed E-state index contributed by atoms with van der Waals surface area (Å²) in [5, 5.41) is 7.35. The summed E-state index contributed by atoms with van der Waals surface area (Å²) in [4.78, 5) is 29.9. The van der Waals surface area contributed by atoms with Gasteiger partial charge in [0.15, 0.2) is 5.16 Å². The van der Waals surface area contributed by atoms with E-state index in [0.717, 1.165) is 0 Å². The molecular formula is C18H19ClN4O3S. The number of aryl methyl sites for hydroxylation is 1. The number of anilines is 1. The largest absolute Gasteiger partial charge is 0.338 e. The molecule has 142 valence electrons. The topological polar surface area (TPSA) is 90.0 Å². The van der Waals surface area contributed by atoms with Crippen molar-refractivity contribution in [2.45, 2.75) is 44.1 Å². The summed E-state index contributed by atoms with van der Waals surface area (Å²) < 4.78 is 6.60. The Bertz CT molecular complexity index is 1060. The molecule has 1 N–H and O–H groups in total. The van der Waals surface area contributed by atoms with Crippen LogP contribution in [-0.2, 0) is 4.79 Å². The predicted molar refractivity (Wildman–Crippen MR) is 107 cm³/mol. The molecule has 1 amide bonds. The second-order valence-electron chi connectivity index (χ2n) is 6.41. The first-order valence-electron chi connectivity index (χ1n) is 8.39. The van der Waals surface area contributed by atoms with Crippen molar-refractivity contribution < 1.29 is 9.32 Å². The molecule has 1 aromatic carbocycles. The van der Waals surface area contributed by atoms with Crippen molar-refractivity contribution in [3.8, 4) is 0 Å². The Morgan fingerprint density at radius 2 is 2.04 bits per heavy atom. The molecule has 0 bridgehead atoms. The minimum absolute atomic E-state index is 0.111. The second-order valence-corrected chi connectivity index (χ2v) is 8.15. The first-order valence-corrected chi connectivity index (χ1v) is 9.64. The fraction of sp³-hybridized carbons (Fsp3) is 0.333. The maximum Gasteiger partial charge on any atom is 0.262 e.